The molecule has 7 nitrogen and oxygen atoms in total. The molecule has 1 heterocycles. The number of esters is 1. The number of primary amides is 1. The summed E-state index contributed by atoms with van der Waals surface area (Å²) in [6.45, 7) is 1.44. The highest BCUT2D eigenvalue weighted by Gasteiger charge is 2.21. The van der Waals surface area contributed by atoms with Crippen molar-refractivity contribution in [2.24, 2.45) is 5.73 Å². The van der Waals surface area contributed by atoms with Crippen LogP contribution in [0.4, 0.5) is 5.00 Å². The number of nitrogens with one attached hydrogen (secondary N) is 1. The van der Waals surface area contributed by atoms with Gasteiger partial charge < -0.3 is 20.5 Å². The van der Waals surface area contributed by atoms with Crippen LogP contribution in [0.5, 0.6) is 5.75 Å². The Morgan fingerprint density at radius 1 is 1.17 bits per heavy atom. The van der Waals surface area contributed by atoms with Crippen LogP contribution in [0.2, 0.25) is 0 Å². The van der Waals surface area contributed by atoms with Gasteiger partial charge in [0.15, 0.2) is 6.10 Å². The van der Waals surface area contributed by atoms with E-state index in [-0.39, 0.29) is 5.56 Å². The molecule has 0 aliphatic heterocycles. The number of thiophene rings is 1. The highest BCUT2D eigenvalue weighted by molar-refractivity contribution is 7.14. The highest BCUT2D eigenvalue weighted by Crippen LogP contribution is 2.23. The number of ether oxygens (including phenoxy) is 2. The molecule has 0 spiro atoms. The maximum Gasteiger partial charge on any atom is 0.338 e. The molecule has 1 aromatic carbocycles. The topological polar surface area (TPSA) is 108 Å². The first-order valence-corrected chi connectivity index (χ1v) is 7.83. The number of nitrogens with two attached hydrogens (primary N) is 1. The van der Waals surface area contributed by atoms with Crippen LogP contribution in [0.25, 0.3) is 0 Å². The number of methoxy groups -OCH3 is 1. The number of carbonyl (C=O) groups excluding carboxylic acids is 3. The van der Waals surface area contributed by atoms with Crippen molar-refractivity contribution in [1.82, 2.24) is 0 Å². The van der Waals surface area contributed by atoms with Gasteiger partial charge in [0, 0.05) is 0 Å². The summed E-state index contributed by atoms with van der Waals surface area (Å²) in [4.78, 5) is 35.4. The average Bonchev–Trinajstić information content (AvgIpc) is 3.03. The number of carbonyl (C=O) groups is 3. The summed E-state index contributed by atoms with van der Waals surface area (Å²) in [6.07, 6.45) is -1.04. The zero-order chi connectivity index (χ0) is 17.7. The van der Waals surface area contributed by atoms with Crippen molar-refractivity contribution in [3.05, 3.63) is 46.8 Å². The first-order chi connectivity index (χ1) is 11.4. The summed E-state index contributed by atoms with van der Waals surface area (Å²) in [5, 5.41) is 4.48. The molecule has 0 bridgehead atoms. The number of amides is 2. The molecule has 8 heteroatoms. The Morgan fingerprint density at radius 3 is 2.42 bits per heavy atom. The number of hydrogen-bond acceptors (Lipinski definition) is 6. The Balaban J connectivity index is 1.98. The monoisotopic (exact) mass is 348 g/mol. The van der Waals surface area contributed by atoms with Crippen molar-refractivity contribution >= 4 is 34.1 Å². The third kappa shape index (κ3) is 4.11. The Bertz CT molecular complexity index is 754. The fourth-order valence-corrected chi connectivity index (χ4v) is 2.62. The third-order valence-electron chi connectivity index (χ3n) is 3.15. The van der Waals surface area contributed by atoms with Gasteiger partial charge in [-0.15, -0.1) is 11.3 Å². The minimum atomic E-state index is -1.04. The number of hydrogen-bond donors (Lipinski definition) is 2. The number of anilines is 1. The molecule has 0 aliphatic rings. The second-order valence-electron chi connectivity index (χ2n) is 4.79. The molecule has 0 radical (unpaired) electrons. The molecule has 0 fully saturated rings. The minimum absolute atomic E-state index is 0.210. The largest absolute Gasteiger partial charge is 0.497 e. The molecular weight excluding hydrogens is 332 g/mol. The SMILES string of the molecule is COc1ccc(C(=O)O[C@@H](C)C(=O)Nc2sccc2C(N)=O)cc1. The van der Waals surface area contributed by atoms with Gasteiger partial charge in [-0.3, -0.25) is 9.59 Å². The predicted octanol–water partition coefficient (Wildman–Crippen LogP) is 2.04. The zero-order valence-corrected chi connectivity index (χ0v) is 13.9. The lowest BCUT2D eigenvalue weighted by molar-refractivity contribution is -0.123. The van der Waals surface area contributed by atoms with E-state index in [9.17, 15) is 14.4 Å². The van der Waals surface area contributed by atoms with E-state index in [1.807, 2.05) is 0 Å². The lowest BCUT2D eigenvalue weighted by Gasteiger charge is -2.13. The average molecular weight is 348 g/mol. The summed E-state index contributed by atoms with van der Waals surface area (Å²) in [6, 6.07) is 7.82. The van der Waals surface area contributed by atoms with Crippen LogP contribution in [0.1, 0.15) is 27.6 Å². The van der Waals surface area contributed by atoms with E-state index in [2.05, 4.69) is 5.32 Å². The van der Waals surface area contributed by atoms with Crippen LogP contribution in [0.15, 0.2) is 35.7 Å². The van der Waals surface area contributed by atoms with Crippen molar-refractivity contribution in [3.8, 4) is 5.75 Å². The fourth-order valence-electron chi connectivity index (χ4n) is 1.82. The summed E-state index contributed by atoms with van der Waals surface area (Å²) >= 11 is 1.16. The van der Waals surface area contributed by atoms with E-state index in [0.29, 0.717) is 16.3 Å². The maximum atomic E-state index is 12.1. The Labute approximate surface area is 142 Å². The van der Waals surface area contributed by atoms with E-state index in [1.54, 1.807) is 17.5 Å². The summed E-state index contributed by atoms with van der Waals surface area (Å²) in [5.41, 5.74) is 5.72. The quantitative estimate of drug-likeness (QED) is 0.777. The van der Waals surface area contributed by atoms with Gasteiger partial charge in [-0.25, -0.2) is 4.79 Å². The van der Waals surface area contributed by atoms with E-state index < -0.39 is 23.9 Å². The van der Waals surface area contributed by atoms with Crippen LogP contribution < -0.4 is 15.8 Å². The molecule has 2 aromatic rings. The molecule has 24 heavy (non-hydrogen) atoms. The normalized spacial score (nSPS) is 11.4. The zero-order valence-electron chi connectivity index (χ0n) is 13.1. The van der Waals surface area contributed by atoms with E-state index in [0.717, 1.165) is 11.3 Å². The molecule has 126 valence electrons. The van der Waals surface area contributed by atoms with Crippen molar-refractivity contribution in [2.45, 2.75) is 13.0 Å². The van der Waals surface area contributed by atoms with Gasteiger partial charge in [0.2, 0.25) is 0 Å². The Kier molecular flexibility index (Phi) is 5.54. The van der Waals surface area contributed by atoms with Crippen molar-refractivity contribution in [1.29, 1.82) is 0 Å². The van der Waals surface area contributed by atoms with Gasteiger partial charge in [-0.05, 0) is 42.6 Å². The smallest absolute Gasteiger partial charge is 0.338 e. The van der Waals surface area contributed by atoms with Crippen LogP contribution in [-0.2, 0) is 9.53 Å². The number of benzene rings is 1. The molecular formula is C16H16N2O5S. The molecule has 3 N–H and O–H groups in total. The molecule has 0 saturated heterocycles. The first-order valence-electron chi connectivity index (χ1n) is 6.95. The summed E-state index contributed by atoms with van der Waals surface area (Å²) in [7, 11) is 1.52. The second-order valence-corrected chi connectivity index (χ2v) is 5.71. The van der Waals surface area contributed by atoms with Crippen LogP contribution in [-0.4, -0.2) is 31.0 Å². The maximum absolute atomic E-state index is 12.1. The summed E-state index contributed by atoms with van der Waals surface area (Å²) < 4.78 is 10.1. The van der Waals surface area contributed by atoms with Gasteiger partial charge in [0.1, 0.15) is 10.8 Å². The van der Waals surface area contributed by atoms with Gasteiger partial charge >= 0.3 is 5.97 Å². The fraction of sp³-hybridized carbons (Fsp3) is 0.188. The van der Waals surface area contributed by atoms with Gasteiger partial charge in [0.25, 0.3) is 11.8 Å². The van der Waals surface area contributed by atoms with Crippen molar-refractivity contribution in [3.63, 3.8) is 0 Å². The van der Waals surface area contributed by atoms with Crippen LogP contribution >= 0.6 is 11.3 Å². The molecule has 0 aliphatic carbocycles. The van der Waals surface area contributed by atoms with E-state index in [1.165, 1.54) is 32.2 Å². The minimum Gasteiger partial charge on any atom is -0.497 e. The Hall–Kier alpha value is -2.87. The van der Waals surface area contributed by atoms with E-state index in [4.69, 9.17) is 15.2 Å². The Morgan fingerprint density at radius 2 is 1.83 bits per heavy atom. The molecule has 2 rings (SSSR count). The van der Waals surface area contributed by atoms with Gasteiger partial charge in [-0.2, -0.15) is 0 Å². The lowest BCUT2D eigenvalue weighted by Crippen LogP contribution is -2.30. The summed E-state index contributed by atoms with van der Waals surface area (Å²) in [5.74, 6) is -1.23. The van der Waals surface area contributed by atoms with Gasteiger partial charge in [0.05, 0.1) is 18.2 Å². The standard InChI is InChI=1S/C16H16N2O5S/c1-9(14(20)18-15-12(13(17)19)7-8-24-15)23-16(21)10-3-5-11(22-2)6-4-10/h3-9H,1-2H3,(H2,17,19)(H,18,20)/t9-/m0/s1. The molecule has 2 amide bonds. The molecule has 0 saturated carbocycles. The number of rotatable bonds is 6. The highest BCUT2D eigenvalue weighted by atomic mass is 32.1. The predicted molar refractivity (Wildman–Crippen MR) is 89.3 cm³/mol. The molecule has 1 aromatic heterocycles. The third-order valence-corrected chi connectivity index (χ3v) is 3.98. The van der Waals surface area contributed by atoms with Gasteiger partial charge in [-0.1, -0.05) is 0 Å². The molecule has 1 atom stereocenters. The van der Waals surface area contributed by atoms with Crippen LogP contribution in [0, 0.1) is 0 Å². The molecule has 0 unspecified atom stereocenters. The van der Waals surface area contributed by atoms with Crippen molar-refractivity contribution < 1.29 is 23.9 Å². The second kappa shape index (κ2) is 7.60. The van der Waals surface area contributed by atoms with Crippen molar-refractivity contribution in [2.75, 3.05) is 12.4 Å². The lowest BCUT2D eigenvalue weighted by atomic mass is 10.2. The van der Waals surface area contributed by atoms with E-state index >= 15 is 0 Å². The first kappa shape index (κ1) is 17.5. The van der Waals surface area contributed by atoms with Crippen LogP contribution in [0.3, 0.4) is 0 Å².